The van der Waals surface area contributed by atoms with E-state index in [1.807, 2.05) is 36.4 Å². The quantitative estimate of drug-likeness (QED) is 0.267. The molecule has 0 saturated carbocycles. The Morgan fingerprint density at radius 3 is 2.16 bits per heavy atom. The molecule has 194 valence electrons. The molecule has 37 heavy (non-hydrogen) atoms. The zero-order valence-corrected chi connectivity index (χ0v) is 19.7. The van der Waals surface area contributed by atoms with E-state index in [9.17, 15) is 26.3 Å². The first kappa shape index (κ1) is 25.2. The summed E-state index contributed by atoms with van der Waals surface area (Å²) in [5.41, 5.74) is -1.18. The van der Waals surface area contributed by atoms with Crippen molar-refractivity contribution in [2.45, 2.75) is 31.3 Å². The van der Waals surface area contributed by atoms with E-state index < -0.39 is 23.5 Å². The van der Waals surface area contributed by atoms with Crippen LogP contribution in [0.3, 0.4) is 0 Å². The molecule has 1 aliphatic heterocycles. The van der Waals surface area contributed by atoms with E-state index in [0.717, 1.165) is 36.2 Å². The number of hydrogen-bond donors (Lipinski definition) is 1. The van der Waals surface area contributed by atoms with Crippen LogP contribution in [0.4, 0.5) is 26.3 Å². The van der Waals surface area contributed by atoms with Gasteiger partial charge in [0.2, 0.25) is 0 Å². The van der Waals surface area contributed by atoms with Crippen LogP contribution in [-0.2, 0) is 18.8 Å². The first-order valence-electron chi connectivity index (χ1n) is 11.9. The molecular formula is C28H24F6N2O. The van der Waals surface area contributed by atoms with Crippen LogP contribution in [0.25, 0.3) is 22.2 Å². The summed E-state index contributed by atoms with van der Waals surface area (Å²) in [7, 11) is 0. The fourth-order valence-corrected chi connectivity index (χ4v) is 4.86. The standard InChI is InChI=1S/C28H24F6N2O/c29-27(30,31)19-14-18(15-20(16-19)28(32,33)34)26-24(23-8-4-5-9-25(23)35-26)11-13-36-12-10-22(17-36)37-21-6-2-1-3-7-21/h1-9,14-16,22,35H,10-13,17H2. The molecule has 1 atom stereocenters. The van der Waals surface area contributed by atoms with Crippen LogP contribution in [0, 0.1) is 0 Å². The van der Waals surface area contributed by atoms with Gasteiger partial charge in [0, 0.05) is 36.2 Å². The Hall–Kier alpha value is -3.46. The first-order chi connectivity index (χ1) is 17.6. The fourth-order valence-electron chi connectivity index (χ4n) is 4.86. The summed E-state index contributed by atoms with van der Waals surface area (Å²) in [6.07, 6.45) is -8.52. The van der Waals surface area contributed by atoms with Crippen molar-refractivity contribution in [3.63, 3.8) is 0 Å². The molecule has 1 fully saturated rings. The highest BCUT2D eigenvalue weighted by atomic mass is 19.4. The van der Waals surface area contributed by atoms with Crippen molar-refractivity contribution in [2.75, 3.05) is 19.6 Å². The molecular weight excluding hydrogens is 494 g/mol. The second-order valence-corrected chi connectivity index (χ2v) is 9.21. The molecule has 0 radical (unpaired) electrons. The number of nitrogens with one attached hydrogen (secondary N) is 1. The molecule has 3 aromatic carbocycles. The molecule has 0 bridgehead atoms. The third-order valence-corrected chi connectivity index (χ3v) is 6.64. The highest BCUT2D eigenvalue weighted by Crippen LogP contribution is 2.40. The van der Waals surface area contributed by atoms with Crippen molar-refractivity contribution in [2.24, 2.45) is 0 Å². The van der Waals surface area contributed by atoms with Gasteiger partial charge in [-0.05, 0) is 60.4 Å². The van der Waals surface area contributed by atoms with E-state index in [1.54, 1.807) is 18.2 Å². The van der Waals surface area contributed by atoms with E-state index in [0.29, 0.717) is 30.6 Å². The molecule has 0 aliphatic carbocycles. The molecule has 3 nitrogen and oxygen atoms in total. The van der Waals surface area contributed by atoms with E-state index in [-0.39, 0.29) is 23.4 Å². The lowest BCUT2D eigenvalue weighted by atomic mass is 9.98. The Balaban J connectivity index is 1.43. The van der Waals surface area contributed by atoms with E-state index >= 15 is 0 Å². The molecule has 4 aromatic rings. The van der Waals surface area contributed by atoms with Crippen LogP contribution < -0.4 is 4.74 Å². The van der Waals surface area contributed by atoms with Crippen molar-refractivity contribution < 1.29 is 31.1 Å². The largest absolute Gasteiger partial charge is 0.489 e. The molecule has 9 heteroatoms. The van der Waals surface area contributed by atoms with Gasteiger partial charge in [-0.3, -0.25) is 4.90 Å². The molecule has 1 N–H and O–H groups in total. The Bertz CT molecular complexity index is 1340. The van der Waals surface area contributed by atoms with Gasteiger partial charge in [-0.1, -0.05) is 36.4 Å². The number of nitrogens with zero attached hydrogens (tertiary/aromatic N) is 1. The molecule has 2 heterocycles. The molecule has 1 aliphatic rings. The lowest BCUT2D eigenvalue weighted by Gasteiger charge is -2.18. The van der Waals surface area contributed by atoms with E-state index in [1.165, 1.54) is 0 Å². The molecule has 0 amide bonds. The van der Waals surface area contributed by atoms with Crippen molar-refractivity contribution >= 4 is 10.9 Å². The van der Waals surface area contributed by atoms with E-state index in [2.05, 4.69) is 9.88 Å². The third kappa shape index (κ3) is 5.61. The minimum absolute atomic E-state index is 0.0163. The van der Waals surface area contributed by atoms with Crippen LogP contribution >= 0.6 is 0 Å². The molecule has 1 unspecified atom stereocenters. The molecule has 0 spiro atoms. The molecule has 5 rings (SSSR count). The number of aromatic nitrogens is 1. The summed E-state index contributed by atoms with van der Waals surface area (Å²) in [6, 6.07) is 18.4. The number of para-hydroxylation sites is 2. The maximum Gasteiger partial charge on any atom is 0.416 e. The van der Waals surface area contributed by atoms with Crippen LogP contribution in [-0.4, -0.2) is 35.6 Å². The smallest absolute Gasteiger partial charge is 0.416 e. The van der Waals surface area contributed by atoms with Crippen LogP contribution in [0.5, 0.6) is 5.75 Å². The maximum absolute atomic E-state index is 13.5. The lowest BCUT2D eigenvalue weighted by molar-refractivity contribution is -0.143. The summed E-state index contributed by atoms with van der Waals surface area (Å²) >= 11 is 0. The van der Waals surface area contributed by atoms with E-state index in [4.69, 9.17) is 4.74 Å². The summed E-state index contributed by atoms with van der Waals surface area (Å²) < 4.78 is 87.1. The predicted molar refractivity (Wildman–Crippen MR) is 129 cm³/mol. The van der Waals surface area contributed by atoms with Gasteiger partial charge in [0.1, 0.15) is 11.9 Å². The number of rotatable bonds is 6. The first-order valence-corrected chi connectivity index (χ1v) is 11.9. The van der Waals surface area contributed by atoms with Gasteiger partial charge in [-0.2, -0.15) is 26.3 Å². The normalized spacial score (nSPS) is 17.0. The van der Waals surface area contributed by atoms with Gasteiger partial charge in [0.15, 0.2) is 0 Å². The minimum atomic E-state index is -4.91. The summed E-state index contributed by atoms with van der Waals surface area (Å²) in [6.45, 7) is 2.07. The number of hydrogen-bond acceptors (Lipinski definition) is 2. The fraction of sp³-hybridized carbons (Fsp3) is 0.286. The number of ether oxygens (including phenoxy) is 1. The highest BCUT2D eigenvalue weighted by Gasteiger charge is 2.37. The average molecular weight is 519 g/mol. The Morgan fingerprint density at radius 2 is 1.49 bits per heavy atom. The van der Waals surface area contributed by atoms with Crippen molar-refractivity contribution in [1.29, 1.82) is 0 Å². The van der Waals surface area contributed by atoms with Crippen molar-refractivity contribution in [1.82, 2.24) is 9.88 Å². The van der Waals surface area contributed by atoms with Gasteiger partial charge in [0.05, 0.1) is 11.1 Å². The van der Waals surface area contributed by atoms with Crippen LogP contribution in [0.15, 0.2) is 72.8 Å². The Labute approximate surface area is 209 Å². The second kappa shape index (κ2) is 9.78. The maximum atomic E-state index is 13.5. The topological polar surface area (TPSA) is 28.3 Å². The molecule has 1 saturated heterocycles. The van der Waals surface area contributed by atoms with Crippen LogP contribution in [0.2, 0.25) is 0 Å². The average Bonchev–Trinajstić information content (AvgIpc) is 3.46. The van der Waals surface area contributed by atoms with Gasteiger partial charge >= 0.3 is 12.4 Å². The SMILES string of the molecule is FC(F)(F)c1cc(-c2[nH]c3ccccc3c2CCN2CCC(Oc3ccccc3)C2)cc(C(F)(F)F)c1. The second-order valence-electron chi connectivity index (χ2n) is 9.21. The number of H-pyrrole nitrogens is 1. The van der Waals surface area contributed by atoms with Gasteiger partial charge in [-0.25, -0.2) is 0 Å². The molecule has 1 aromatic heterocycles. The predicted octanol–water partition coefficient (Wildman–Crippen LogP) is 7.57. The Morgan fingerprint density at radius 1 is 0.838 bits per heavy atom. The highest BCUT2D eigenvalue weighted by molar-refractivity contribution is 5.91. The monoisotopic (exact) mass is 518 g/mol. The number of alkyl halides is 6. The van der Waals surface area contributed by atoms with Gasteiger partial charge in [0.25, 0.3) is 0 Å². The third-order valence-electron chi connectivity index (χ3n) is 6.64. The minimum Gasteiger partial charge on any atom is -0.489 e. The van der Waals surface area contributed by atoms with Crippen molar-refractivity contribution in [3.8, 4) is 17.0 Å². The number of likely N-dealkylation sites (tertiary alicyclic amines) is 1. The van der Waals surface area contributed by atoms with Gasteiger partial charge in [-0.15, -0.1) is 0 Å². The van der Waals surface area contributed by atoms with Crippen molar-refractivity contribution in [3.05, 3.63) is 89.5 Å². The lowest BCUT2D eigenvalue weighted by Crippen LogP contribution is -2.26. The number of halogens is 6. The van der Waals surface area contributed by atoms with Gasteiger partial charge < -0.3 is 9.72 Å². The number of benzene rings is 3. The number of aromatic amines is 1. The summed E-state index contributed by atoms with van der Waals surface area (Å²) in [4.78, 5) is 5.28. The zero-order valence-electron chi connectivity index (χ0n) is 19.7. The number of fused-ring (bicyclic) bond motifs is 1. The van der Waals surface area contributed by atoms with Crippen LogP contribution in [0.1, 0.15) is 23.1 Å². The summed E-state index contributed by atoms with van der Waals surface area (Å²) in [5.74, 6) is 0.790. The zero-order chi connectivity index (χ0) is 26.2. The Kier molecular flexibility index (Phi) is 6.66. The summed E-state index contributed by atoms with van der Waals surface area (Å²) in [5, 5.41) is 0.778.